The summed E-state index contributed by atoms with van der Waals surface area (Å²) in [6.45, 7) is 3.35. The summed E-state index contributed by atoms with van der Waals surface area (Å²) in [5.41, 5.74) is 10.8. The van der Waals surface area contributed by atoms with Crippen LogP contribution in [0, 0.1) is 18.3 Å². The molecule has 5 nitrogen and oxygen atoms in total. The highest BCUT2D eigenvalue weighted by Crippen LogP contribution is 2.29. The summed E-state index contributed by atoms with van der Waals surface area (Å²) in [4.78, 5) is 14.9. The standard InChI is InChI=1S/C23H25ClN4O/c1-15-3-6-19(13-20(15)21(26)22(24)27-2)23(29)28-11-9-18(10-12-28)17-7-4-16(14-25)5-8-17/h3-8,13,18,27H,9-12,26H2,1-2H3/b22-21-. The smallest absolute Gasteiger partial charge is 0.253 e. The normalized spacial score (nSPS) is 15.4. The van der Waals surface area contributed by atoms with E-state index in [-0.39, 0.29) is 5.91 Å². The van der Waals surface area contributed by atoms with Crippen molar-refractivity contribution in [2.75, 3.05) is 20.1 Å². The first-order chi connectivity index (χ1) is 13.9. The molecule has 150 valence electrons. The molecule has 1 saturated heterocycles. The Bertz CT molecular complexity index is 967. The highest BCUT2D eigenvalue weighted by atomic mass is 35.5. The summed E-state index contributed by atoms with van der Waals surface area (Å²) >= 11 is 6.13. The molecule has 0 saturated carbocycles. The Balaban J connectivity index is 1.71. The maximum absolute atomic E-state index is 13.0. The lowest BCUT2D eigenvalue weighted by Crippen LogP contribution is -2.38. The fourth-order valence-corrected chi connectivity index (χ4v) is 3.83. The third kappa shape index (κ3) is 4.55. The SMILES string of the molecule is CN/C(Cl)=C(\N)c1cc(C(=O)N2CCC(c3ccc(C#N)cc3)CC2)ccc1C. The quantitative estimate of drug-likeness (QED) is 0.751. The van der Waals surface area contributed by atoms with Crippen molar-refractivity contribution in [2.45, 2.75) is 25.7 Å². The van der Waals surface area contributed by atoms with Crippen molar-refractivity contribution in [1.82, 2.24) is 10.2 Å². The molecule has 3 rings (SSSR count). The van der Waals surface area contributed by atoms with Crippen molar-refractivity contribution in [1.29, 1.82) is 5.26 Å². The minimum absolute atomic E-state index is 0.0120. The number of benzene rings is 2. The highest BCUT2D eigenvalue weighted by Gasteiger charge is 2.25. The molecule has 0 unspecified atom stereocenters. The third-order valence-electron chi connectivity index (χ3n) is 5.52. The van der Waals surface area contributed by atoms with E-state index < -0.39 is 0 Å². The minimum Gasteiger partial charge on any atom is -0.396 e. The highest BCUT2D eigenvalue weighted by molar-refractivity contribution is 6.32. The Morgan fingerprint density at radius 1 is 1.21 bits per heavy atom. The second-order valence-corrected chi connectivity index (χ2v) is 7.69. The first-order valence-electron chi connectivity index (χ1n) is 9.68. The fourth-order valence-electron chi connectivity index (χ4n) is 3.73. The van der Waals surface area contributed by atoms with Gasteiger partial charge in [0.1, 0.15) is 5.16 Å². The number of nitriles is 1. The topological polar surface area (TPSA) is 82.2 Å². The molecule has 0 atom stereocenters. The molecule has 1 heterocycles. The zero-order valence-electron chi connectivity index (χ0n) is 16.7. The number of hydrogen-bond acceptors (Lipinski definition) is 4. The Morgan fingerprint density at radius 2 is 1.86 bits per heavy atom. The van der Waals surface area contributed by atoms with E-state index in [1.165, 1.54) is 5.56 Å². The van der Waals surface area contributed by atoms with Crippen molar-refractivity contribution < 1.29 is 4.79 Å². The minimum atomic E-state index is 0.0120. The van der Waals surface area contributed by atoms with Gasteiger partial charge in [-0.1, -0.05) is 29.8 Å². The van der Waals surface area contributed by atoms with Crippen LogP contribution >= 0.6 is 11.6 Å². The number of nitrogens with zero attached hydrogens (tertiary/aromatic N) is 2. The molecule has 1 aliphatic heterocycles. The van der Waals surface area contributed by atoms with Gasteiger partial charge in [0.05, 0.1) is 17.3 Å². The molecule has 3 N–H and O–H groups in total. The zero-order valence-corrected chi connectivity index (χ0v) is 17.5. The number of aryl methyl sites for hydroxylation is 1. The number of halogens is 1. The number of piperidine rings is 1. The first-order valence-corrected chi connectivity index (χ1v) is 10.1. The second-order valence-electron chi connectivity index (χ2n) is 7.31. The Labute approximate surface area is 176 Å². The van der Waals surface area contributed by atoms with Crippen LogP contribution in [-0.4, -0.2) is 30.9 Å². The van der Waals surface area contributed by atoms with Crippen LogP contribution < -0.4 is 11.1 Å². The largest absolute Gasteiger partial charge is 0.396 e. The molecule has 0 bridgehead atoms. The van der Waals surface area contributed by atoms with E-state index in [1.54, 1.807) is 7.05 Å². The molecule has 1 fully saturated rings. The maximum atomic E-state index is 13.0. The lowest BCUT2D eigenvalue weighted by molar-refractivity contribution is 0.0713. The van der Waals surface area contributed by atoms with Crippen molar-refractivity contribution in [3.8, 4) is 6.07 Å². The third-order valence-corrected chi connectivity index (χ3v) is 5.92. The lowest BCUT2D eigenvalue weighted by Gasteiger charge is -2.32. The van der Waals surface area contributed by atoms with E-state index in [9.17, 15) is 4.79 Å². The monoisotopic (exact) mass is 408 g/mol. The molecular formula is C23H25ClN4O. The molecular weight excluding hydrogens is 384 g/mol. The van der Waals surface area contributed by atoms with E-state index in [1.807, 2.05) is 54.3 Å². The van der Waals surface area contributed by atoms with E-state index in [2.05, 4.69) is 11.4 Å². The van der Waals surface area contributed by atoms with E-state index in [0.29, 0.717) is 41.0 Å². The number of hydrogen-bond donors (Lipinski definition) is 2. The summed E-state index contributed by atoms with van der Waals surface area (Å²) in [5.74, 6) is 0.422. The van der Waals surface area contributed by atoms with Crippen molar-refractivity contribution in [3.05, 3.63) is 75.4 Å². The maximum Gasteiger partial charge on any atom is 0.253 e. The molecule has 1 amide bonds. The van der Waals surface area contributed by atoms with Gasteiger partial charge in [-0.2, -0.15) is 5.26 Å². The molecule has 0 aromatic heterocycles. The summed E-state index contributed by atoms with van der Waals surface area (Å²) < 4.78 is 0. The molecule has 29 heavy (non-hydrogen) atoms. The lowest BCUT2D eigenvalue weighted by atomic mass is 9.88. The number of nitrogens with two attached hydrogens (primary N) is 1. The van der Waals surface area contributed by atoms with Crippen LogP contribution in [0.5, 0.6) is 0 Å². The van der Waals surface area contributed by atoms with Crippen molar-refractivity contribution in [2.24, 2.45) is 5.73 Å². The van der Waals surface area contributed by atoms with Crippen LogP contribution in [0.4, 0.5) is 0 Å². The average molecular weight is 409 g/mol. The van der Waals surface area contributed by atoms with Crippen LogP contribution in [0.3, 0.4) is 0 Å². The van der Waals surface area contributed by atoms with Gasteiger partial charge in [-0.05, 0) is 61.1 Å². The molecule has 6 heteroatoms. The number of rotatable bonds is 4. The summed E-state index contributed by atoms with van der Waals surface area (Å²) in [7, 11) is 1.71. The Hall–Kier alpha value is -2.97. The summed E-state index contributed by atoms with van der Waals surface area (Å²) in [6, 6.07) is 15.5. The predicted octanol–water partition coefficient (Wildman–Crippen LogP) is 3.93. The van der Waals surface area contributed by atoms with Crippen LogP contribution in [0.15, 0.2) is 47.6 Å². The van der Waals surface area contributed by atoms with Crippen LogP contribution in [0.1, 0.15) is 51.4 Å². The molecule has 2 aromatic carbocycles. The van der Waals surface area contributed by atoms with Gasteiger partial charge in [-0.25, -0.2) is 0 Å². The molecule has 1 aliphatic rings. The zero-order chi connectivity index (χ0) is 21.0. The van der Waals surface area contributed by atoms with E-state index in [0.717, 1.165) is 24.0 Å². The fraction of sp³-hybridized carbons (Fsp3) is 0.304. The predicted molar refractivity (Wildman–Crippen MR) is 116 cm³/mol. The second kappa shape index (κ2) is 9.02. The van der Waals surface area contributed by atoms with Gasteiger partial charge in [0.25, 0.3) is 5.91 Å². The van der Waals surface area contributed by atoms with Crippen LogP contribution in [0.2, 0.25) is 0 Å². The van der Waals surface area contributed by atoms with Crippen molar-refractivity contribution >= 4 is 23.2 Å². The van der Waals surface area contributed by atoms with Gasteiger partial charge in [0, 0.05) is 31.3 Å². The van der Waals surface area contributed by atoms with Crippen LogP contribution in [0.25, 0.3) is 5.70 Å². The first kappa shape index (κ1) is 20.8. The number of nitrogens with one attached hydrogen (secondary N) is 1. The summed E-state index contributed by atoms with van der Waals surface area (Å²) in [6.07, 6.45) is 1.81. The number of likely N-dealkylation sites (tertiary alicyclic amines) is 1. The van der Waals surface area contributed by atoms with Gasteiger partial charge < -0.3 is 16.0 Å². The molecule has 0 spiro atoms. The van der Waals surface area contributed by atoms with Gasteiger partial charge in [0.15, 0.2) is 0 Å². The number of carbonyl (C=O) groups excluding carboxylic acids is 1. The van der Waals surface area contributed by atoms with Gasteiger partial charge in [0.2, 0.25) is 0 Å². The van der Waals surface area contributed by atoms with Gasteiger partial charge in [-0.15, -0.1) is 0 Å². The summed E-state index contributed by atoms with van der Waals surface area (Å²) in [5, 5.41) is 12.1. The molecule has 0 aliphatic carbocycles. The van der Waals surface area contributed by atoms with Gasteiger partial charge in [-0.3, -0.25) is 4.79 Å². The Morgan fingerprint density at radius 3 is 2.45 bits per heavy atom. The number of amides is 1. The van der Waals surface area contributed by atoms with E-state index in [4.69, 9.17) is 22.6 Å². The molecule has 2 aromatic rings. The number of carbonyl (C=O) groups is 1. The van der Waals surface area contributed by atoms with Gasteiger partial charge >= 0.3 is 0 Å². The van der Waals surface area contributed by atoms with E-state index >= 15 is 0 Å². The van der Waals surface area contributed by atoms with Crippen molar-refractivity contribution in [3.63, 3.8) is 0 Å². The average Bonchev–Trinajstić information content (AvgIpc) is 2.78. The Kier molecular flexibility index (Phi) is 6.46. The molecule has 0 radical (unpaired) electrons. The van der Waals surface area contributed by atoms with Crippen LogP contribution in [-0.2, 0) is 0 Å².